The number of aromatic nitrogens is 2. The zero-order valence-corrected chi connectivity index (χ0v) is 55.3. The molecule has 4 heterocycles. The number of fused-ring (bicyclic) bond motifs is 3. The molecule has 0 aliphatic carbocycles. The summed E-state index contributed by atoms with van der Waals surface area (Å²) in [5, 5.41) is 8.04. The number of carbonyl (C=O) groups excluding carboxylic acids is 1. The second-order valence-electron chi connectivity index (χ2n) is 19.3. The number of nitrogens with zero attached hydrogens (tertiary/aromatic N) is 8. The van der Waals surface area contributed by atoms with Crippen molar-refractivity contribution in [3.05, 3.63) is 184 Å². The Hall–Kier alpha value is -7.83. The van der Waals surface area contributed by atoms with Crippen molar-refractivity contribution in [2.45, 2.75) is 47.5 Å². The van der Waals surface area contributed by atoms with Gasteiger partial charge in [-0.1, -0.05) is 87.6 Å². The lowest BCUT2D eigenvalue weighted by Crippen LogP contribution is -3.00. The second-order valence-corrected chi connectivity index (χ2v) is 20.9. The number of nitrogens with one attached hydrogen (secondary N) is 1. The van der Waals surface area contributed by atoms with Crippen molar-refractivity contribution in [2.75, 3.05) is 118 Å². The summed E-state index contributed by atoms with van der Waals surface area (Å²) in [4.78, 5) is 43.1. The summed E-state index contributed by atoms with van der Waals surface area (Å²) in [5.41, 5.74) is 8.26. The third-order valence-electron chi connectivity index (χ3n) is 13.5. The molecule has 1 saturated heterocycles. The molecule has 1 aliphatic heterocycles. The molecule has 0 atom stereocenters. The number of carbonyl (C=O) groups is 1. The summed E-state index contributed by atoms with van der Waals surface area (Å²) in [5.74, 6) is 0. The van der Waals surface area contributed by atoms with Crippen molar-refractivity contribution in [3.8, 4) is 0 Å². The maximum Gasteiger partial charge on any atom is 0.466 e. The van der Waals surface area contributed by atoms with Gasteiger partial charge < -0.3 is 51.8 Å². The van der Waals surface area contributed by atoms with Crippen LogP contribution in [0.15, 0.2) is 179 Å². The second kappa shape index (κ2) is 39.8. The third-order valence-corrected chi connectivity index (χ3v) is 14.6. The molecule has 6 aromatic carbocycles. The molecule has 10 rings (SSSR count). The lowest BCUT2D eigenvalue weighted by atomic mass is 10.0. The first kappa shape index (κ1) is 73.4. The lowest BCUT2D eigenvalue weighted by molar-refractivity contribution is -0.719. The highest BCUT2D eigenvalue weighted by atomic mass is 35.5. The van der Waals surface area contributed by atoms with E-state index in [1.165, 1.54) is 63.9 Å². The van der Waals surface area contributed by atoms with Gasteiger partial charge in [-0.05, 0) is 137 Å². The molecule has 0 spiro atoms. The Kier molecular flexibility index (Phi) is 33.6. The monoisotopic (exact) mass is 1280 g/mol. The van der Waals surface area contributed by atoms with Crippen molar-refractivity contribution in [3.63, 3.8) is 0 Å². The molecule has 87 heavy (non-hydrogen) atoms. The summed E-state index contributed by atoms with van der Waals surface area (Å²) in [6, 6.07) is 52.1. The van der Waals surface area contributed by atoms with Crippen LogP contribution in [-0.4, -0.2) is 121 Å². The van der Waals surface area contributed by atoms with Gasteiger partial charge in [-0.15, -0.1) is 0 Å². The van der Waals surface area contributed by atoms with Crippen molar-refractivity contribution in [1.82, 2.24) is 9.63 Å². The summed E-state index contributed by atoms with van der Waals surface area (Å²) >= 11 is 4.92. The molecule has 9 aromatic rings. The average molecular weight is 1280 g/mol. The van der Waals surface area contributed by atoms with Crippen LogP contribution in [0.4, 0.5) is 50.3 Å². The molecule has 1 N–H and O–H groups in total. The minimum atomic E-state index is -0.750. The highest BCUT2D eigenvalue weighted by Crippen LogP contribution is 2.38. The number of ether oxygens (including phenoxy) is 1. The molecule has 466 valence electrons. The van der Waals surface area contributed by atoms with Crippen LogP contribution in [0.3, 0.4) is 0 Å². The van der Waals surface area contributed by atoms with Crippen LogP contribution in [0.5, 0.6) is 0 Å². The van der Waals surface area contributed by atoms with E-state index in [4.69, 9.17) is 43.2 Å². The van der Waals surface area contributed by atoms with E-state index in [1.807, 2.05) is 93.9 Å². The average Bonchev–Trinajstić information content (AvgIpc) is 1.62. The van der Waals surface area contributed by atoms with Gasteiger partial charge in [0.1, 0.15) is 4.64 Å². The van der Waals surface area contributed by atoms with Crippen LogP contribution >= 0.6 is 23.6 Å². The Labute approximate surface area is 533 Å². The van der Waals surface area contributed by atoms with E-state index in [9.17, 15) is 9.59 Å². The number of rotatable bonds is 14. The zero-order chi connectivity index (χ0) is 63.0. The van der Waals surface area contributed by atoms with E-state index < -0.39 is 29.2 Å². The van der Waals surface area contributed by atoms with E-state index in [0.717, 1.165) is 81.7 Å². The van der Waals surface area contributed by atoms with Crippen molar-refractivity contribution < 1.29 is 52.7 Å². The van der Waals surface area contributed by atoms with Crippen LogP contribution in [0.25, 0.3) is 26.4 Å². The molecule has 0 unspecified atom stereocenters. The first-order chi connectivity index (χ1) is 41.5. The SMILES string of the molecule is C1CCOC1.CCN(C)c1ccc(N(C(=O)On2ccccc2=S)c2ccc(N(C)C)c3ccccc23)cc1.CCN(C)c1ccc(Nc2ccc(N(C)C)c3ccccc23)cc1.CCN(CC)CC.O=S=O.O=S=O.O=c1o[n+]2ccccc2s1.[Cl-]. The number of amides is 1. The van der Waals surface area contributed by atoms with Gasteiger partial charge in [-0.3, -0.25) is 0 Å². The van der Waals surface area contributed by atoms with Gasteiger partial charge in [-0.2, -0.15) is 26.1 Å². The topological polar surface area (TPSA) is 175 Å². The Morgan fingerprint density at radius 2 is 1.03 bits per heavy atom. The predicted octanol–water partition coefficient (Wildman–Crippen LogP) is 9.63. The fourth-order valence-electron chi connectivity index (χ4n) is 8.70. The summed E-state index contributed by atoms with van der Waals surface area (Å²) in [6.07, 6.45) is 5.33. The number of hydrogen-bond acceptors (Lipinski definition) is 17. The van der Waals surface area contributed by atoms with Crippen molar-refractivity contribution in [1.29, 1.82) is 0 Å². The maximum atomic E-state index is 13.6. The van der Waals surface area contributed by atoms with Gasteiger partial charge >= 0.3 is 39.0 Å². The van der Waals surface area contributed by atoms with Crippen LogP contribution < -0.4 is 56.6 Å². The molecule has 0 saturated carbocycles. The molecule has 18 nitrogen and oxygen atoms in total. The van der Waals surface area contributed by atoms with E-state index in [1.54, 1.807) is 35.5 Å². The van der Waals surface area contributed by atoms with Gasteiger partial charge in [0.15, 0.2) is 0 Å². The fourth-order valence-corrected chi connectivity index (χ4v) is 9.50. The summed E-state index contributed by atoms with van der Waals surface area (Å²) < 4.78 is 46.0. The van der Waals surface area contributed by atoms with Gasteiger partial charge in [0.2, 0.25) is 6.20 Å². The van der Waals surface area contributed by atoms with Gasteiger partial charge in [-0.25, -0.2) is 14.5 Å². The van der Waals surface area contributed by atoms with Crippen LogP contribution in [-0.2, 0) is 27.9 Å². The van der Waals surface area contributed by atoms with Gasteiger partial charge in [0.05, 0.1) is 11.4 Å². The van der Waals surface area contributed by atoms with Crippen LogP contribution in [0.2, 0.25) is 0 Å². The first-order valence-electron chi connectivity index (χ1n) is 28.1. The quantitative estimate of drug-likeness (QED) is 0.0804. The van der Waals surface area contributed by atoms with E-state index in [-0.39, 0.29) is 17.3 Å². The number of anilines is 8. The van der Waals surface area contributed by atoms with E-state index >= 15 is 0 Å². The standard InChI is InChI=1S/C27H28N4O2S.C21H25N3.C6H4NO2S.C6H15N.C4H8O.ClH.2O2S/c1-5-29(4)20-13-15-21(16-14-20)31(27(32)33-30-19-9-8-12-26(30)34)25-18-17-24(28(2)3)22-10-6-7-11-23(22)25;1-5-24(4)17-12-10-16(11-13-17)22-20-14-15-21(23(2)3)19-9-7-6-8-18(19)20;8-6-9-7-4-2-1-3-5(7)10-6;1-4-7(5-2)6-3;1-2-4-5-3-1;;2*1-3-2/h6-19H,5H2,1-4H3;6-15,22H,5H2,1-4H3;1-4H;4-6H2,1-3H3;1-4H2;1H;;/q;;+1;;;;;/p-1. The Bertz CT molecular complexity index is 3620. The predicted molar refractivity (Wildman–Crippen MR) is 357 cm³/mol. The Morgan fingerprint density at radius 3 is 1.49 bits per heavy atom. The van der Waals surface area contributed by atoms with Crippen LogP contribution in [0.1, 0.15) is 47.5 Å². The van der Waals surface area contributed by atoms with Crippen molar-refractivity contribution in [2.24, 2.45) is 0 Å². The molecule has 0 bridgehead atoms. The molecule has 0 radical (unpaired) electrons. The largest absolute Gasteiger partial charge is 1.00 e. The van der Waals surface area contributed by atoms with Crippen LogP contribution in [0, 0.1) is 4.64 Å². The number of hydrogen-bond donors (Lipinski definition) is 1. The smallest absolute Gasteiger partial charge is 0.466 e. The summed E-state index contributed by atoms with van der Waals surface area (Å²) in [6.45, 7) is 18.3. The normalized spacial score (nSPS) is 10.8. The number of pyridine rings is 2. The molecule has 1 aliphatic rings. The van der Waals surface area contributed by atoms with Crippen molar-refractivity contribution >= 4 is 125 Å². The molecule has 1 fully saturated rings. The summed E-state index contributed by atoms with van der Waals surface area (Å²) in [7, 11) is 12.3. The maximum absolute atomic E-state index is 13.6. The molecule has 23 heteroatoms. The number of benzene rings is 6. The van der Waals surface area contributed by atoms with E-state index in [2.05, 4.69) is 152 Å². The Balaban J connectivity index is 0.000000320. The minimum Gasteiger partial charge on any atom is -1.00 e. The molecule has 1 amide bonds. The van der Waals surface area contributed by atoms with Gasteiger partial charge in [0, 0.05) is 158 Å². The minimum absolute atomic E-state index is 0. The van der Waals surface area contributed by atoms with Gasteiger partial charge in [0.25, 0.3) is 0 Å². The van der Waals surface area contributed by atoms with E-state index in [0.29, 0.717) is 10.3 Å². The molecular formula is C64H80ClN9O9S4. The first-order valence-corrected chi connectivity index (χ1v) is 30.6. The zero-order valence-electron chi connectivity index (χ0n) is 51.3. The lowest BCUT2D eigenvalue weighted by Gasteiger charge is -2.26. The fraction of sp³-hybridized carbons (Fsp3) is 0.312. The highest BCUT2D eigenvalue weighted by Gasteiger charge is 2.24. The highest BCUT2D eigenvalue weighted by molar-refractivity contribution is 7.71. The number of halogens is 1. The molecule has 3 aromatic heterocycles. The third kappa shape index (κ3) is 22.8. The Morgan fingerprint density at radius 1 is 0.586 bits per heavy atom. The molecular weight excluding hydrogens is 1200 g/mol.